The zero-order chi connectivity index (χ0) is 98.3. The normalized spacial score (nSPS) is 12.0. The highest BCUT2D eigenvalue weighted by Crippen LogP contribution is 2.53. The predicted molar refractivity (Wildman–Crippen MR) is 633 cm³/mol. The van der Waals surface area contributed by atoms with Crippen molar-refractivity contribution in [3.63, 3.8) is 0 Å². The first kappa shape index (κ1) is 85.3. The number of para-hydroxylation sites is 13. The van der Waals surface area contributed by atoms with Crippen LogP contribution in [0.2, 0.25) is 0 Å². The van der Waals surface area contributed by atoms with Gasteiger partial charge in [-0.2, -0.15) is 0 Å². The van der Waals surface area contributed by atoms with E-state index >= 15 is 0 Å². The van der Waals surface area contributed by atoms with E-state index in [1.807, 2.05) is 34.0 Å². The lowest BCUT2D eigenvalue weighted by Crippen LogP contribution is -1.93. The zero-order valence-electron chi connectivity index (χ0n) is 80.6. The van der Waals surface area contributed by atoms with E-state index in [4.69, 9.17) is 13.3 Å². The lowest BCUT2D eigenvalue weighted by molar-refractivity contribution is 0.672. The molecular formula is C138H84N6O3S3. The van der Waals surface area contributed by atoms with Crippen molar-refractivity contribution in [2.24, 2.45) is 0 Å². The Morgan fingerprint density at radius 1 is 0.140 bits per heavy atom. The Kier molecular flexibility index (Phi) is 19.5. The second-order valence-electron chi connectivity index (χ2n) is 38.7. The number of nitrogens with zero attached hydrogens (tertiary/aromatic N) is 6. The van der Waals surface area contributed by atoms with Gasteiger partial charge in [-0.15, -0.1) is 34.0 Å². The molecule has 0 aliphatic rings. The summed E-state index contributed by atoms with van der Waals surface area (Å²) in [5, 5.41) is 14.4. The van der Waals surface area contributed by atoms with Crippen molar-refractivity contribution < 1.29 is 13.3 Å². The maximum absolute atomic E-state index is 6.83. The Labute approximate surface area is 870 Å². The summed E-state index contributed by atoms with van der Waals surface area (Å²) >= 11 is 5.71. The van der Waals surface area contributed by atoms with Gasteiger partial charge in [-0.05, 0) is 243 Å². The van der Waals surface area contributed by atoms with Crippen LogP contribution in [0.3, 0.4) is 0 Å². The number of fused-ring (bicyclic) bond motifs is 30. The van der Waals surface area contributed by atoms with Crippen molar-refractivity contribution in [2.45, 2.75) is 0 Å². The monoisotopic (exact) mass is 1970 g/mol. The van der Waals surface area contributed by atoms with Gasteiger partial charge in [0, 0.05) is 118 Å². The Morgan fingerprint density at radius 3 is 0.767 bits per heavy atom. The van der Waals surface area contributed by atoms with Gasteiger partial charge in [0.05, 0.1) is 63.8 Å². The van der Waals surface area contributed by atoms with Crippen molar-refractivity contribution in [3.8, 4) is 101 Å². The quantitative estimate of drug-likeness (QED) is 0.122. The highest BCUT2D eigenvalue weighted by atomic mass is 32.1. The Hall–Kier alpha value is -19.1. The van der Waals surface area contributed by atoms with E-state index in [-0.39, 0.29) is 0 Å². The van der Waals surface area contributed by atoms with E-state index in [9.17, 15) is 0 Å². The Morgan fingerprint density at radius 2 is 0.393 bits per heavy atom. The van der Waals surface area contributed by atoms with Crippen molar-refractivity contribution in [2.75, 3.05) is 0 Å². The summed E-state index contributed by atoms with van der Waals surface area (Å²) in [6.07, 6.45) is 0. The highest BCUT2D eigenvalue weighted by molar-refractivity contribution is 7.28. The molecule has 0 aliphatic carbocycles. The van der Waals surface area contributed by atoms with Crippen molar-refractivity contribution in [1.82, 2.24) is 27.4 Å². The van der Waals surface area contributed by atoms with Crippen LogP contribution in [0.5, 0.6) is 0 Å². The van der Waals surface area contributed by atoms with E-state index in [2.05, 4.69) is 537 Å². The molecule has 9 nitrogen and oxygen atoms in total. The number of benzene rings is 21. The van der Waals surface area contributed by atoms with E-state index in [1.54, 1.807) is 0 Å². The molecule has 12 heteroatoms. The van der Waals surface area contributed by atoms with Crippen molar-refractivity contribution in [1.29, 1.82) is 0 Å². The summed E-state index contributed by atoms with van der Waals surface area (Å²) in [7, 11) is 0. The molecule has 0 aliphatic heterocycles. The lowest BCUT2D eigenvalue weighted by Gasteiger charge is -2.10. The third-order valence-electron chi connectivity index (χ3n) is 30.3. The Bertz CT molecular complexity index is 10300. The molecule has 33 rings (SSSR count). The molecule has 12 heterocycles. The molecule has 0 saturated carbocycles. The summed E-state index contributed by atoms with van der Waals surface area (Å²) in [6, 6.07) is 183. The molecule has 12 aromatic heterocycles. The van der Waals surface area contributed by atoms with Crippen LogP contribution in [0.25, 0.3) is 293 Å². The molecule has 150 heavy (non-hydrogen) atoms. The predicted octanol–water partition coefficient (Wildman–Crippen LogP) is 39.5. The highest BCUT2D eigenvalue weighted by Gasteiger charge is 2.29. The molecular weight excluding hydrogens is 1890 g/mol. The van der Waals surface area contributed by atoms with Gasteiger partial charge in [0.25, 0.3) is 0 Å². The molecule has 0 unspecified atom stereocenters. The van der Waals surface area contributed by atoms with Gasteiger partial charge in [-0.3, -0.25) is 0 Å². The lowest BCUT2D eigenvalue weighted by atomic mass is 9.97. The summed E-state index contributed by atoms with van der Waals surface area (Å²) in [4.78, 5) is 0. The van der Waals surface area contributed by atoms with Crippen LogP contribution < -0.4 is 0 Å². The molecule has 0 radical (unpaired) electrons. The van der Waals surface area contributed by atoms with Crippen molar-refractivity contribution >= 4 is 227 Å². The third-order valence-corrected chi connectivity index (χ3v) is 34.0. The van der Waals surface area contributed by atoms with Crippen molar-refractivity contribution in [3.05, 3.63) is 510 Å². The molecule has 702 valence electrons. The minimum absolute atomic E-state index is 0.873. The van der Waals surface area contributed by atoms with Gasteiger partial charge in [0.15, 0.2) is 16.7 Å². The van der Waals surface area contributed by atoms with Gasteiger partial charge in [0.2, 0.25) is 0 Å². The van der Waals surface area contributed by atoms with Crippen LogP contribution in [-0.4, -0.2) is 27.4 Å². The summed E-state index contributed by atoms with van der Waals surface area (Å²) in [5.41, 5.74) is 40.8. The molecule has 0 amide bonds. The molecule has 21 aromatic carbocycles. The number of furan rings is 3. The maximum Gasteiger partial charge on any atom is 0.161 e. The second-order valence-corrected chi connectivity index (χ2v) is 41.8. The zero-order valence-corrected chi connectivity index (χ0v) is 83.1. The number of hydrogen-bond donors (Lipinski definition) is 0. The van der Waals surface area contributed by atoms with E-state index in [0.717, 1.165) is 144 Å². The molecule has 0 saturated heterocycles. The molecule has 0 atom stereocenters. The molecule has 0 bridgehead atoms. The van der Waals surface area contributed by atoms with Crippen LogP contribution >= 0.6 is 34.0 Å². The number of rotatable bonds is 12. The van der Waals surface area contributed by atoms with Crippen LogP contribution in [0.4, 0.5) is 0 Å². The van der Waals surface area contributed by atoms with Crippen LogP contribution in [0.1, 0.15) is 0 Å². The first-order valence-electron chi connectivity index (χ1n) is 50.8. The largest absolute Gasteiger partial charge is 0.454 e. The fourth-order valence-corrected chi connectivity index (χ4v) is 27.7. The molecule has 33 aromatic rings. The fourth-order valence-electron chi connectivity index (χ4n) is 23.8. The molecule has 0 spiro atoms. The fraction of sp³-hybridized carbons (Fsp3) is 0. The van der Waals surface area contributed by atoms with Gasteiger partial charge >= 0.3 is 0 Å². The van der Waals surface area contributed by atoms with E-state index in [1.165, 1.54) is 150 Å². The van der Waals surface area contributed by atoms with Gasteiger partial charge in [-0.1, -0.05) is 328 Å². The standard InChI is InChI=1S/C46H28N2O2.C46H28N2OS.C46H28N2S2/c1-3-15-32(16-4-1)47-39-23-9-7-19-35(39)45-42(47)37-26-25-30(28-41(37)49-45)29-13-11-14-31(27-29)34-21-12-22-38-43-46(50-44(34)38)36-20-8-10-24-40(36)48(43)33-17-5-2-6-18-33;1-3-15-32(16-4-1)47-39-23-9-7-19-35(39)44-42(47)37-26-25-30(28-41(37)49-44)29-13-11-14-31(27-29)34-21-12-22-38-43-46(50-45(34)38)36-20-8-10-24-40(36)48(43)33-17-5-2-6-18-33;1-3-15-32(16-4-1)47-39-23-9-7-19-35(39)45-42(47)37-26-25-30(28-41(37)49-45)29-13-11-14-31(27-29)34-21-12-22-38-43-46(50-44(34)38)36-20-8-10-24-40(36)48(43)33-17-5-2-6-18-33/h3*1-28H. The average molecular weight is 1970 g/mol. The average Bonchev–Trinajstić information content (AvgIpc) is 1.61. The SMILES string of the molecule is c1ccc(-n2c3ccccc3c3oc4cc(-c5cccc(-c6cccc7c6oc6c8ccccc8n(-c8ccccc8)c76)c5)ccc4c32)cc1.c1ccc(-n2c3ccccc3c3oc4cc(-c5cccc(-c6cccc7c6sc6c8ccccc8n(-c8ccccc8)c76)c5)ccc4c32)cc1.c1ccc(-n2c3ccccc3c3sc4cc(-c5cccc(-c6cccc7c6sc6c8ccccc8n(-c8ccccc8)c76)c5)ccc4c32)cc1. The van der Waals surface area contributed by atoms with Gasteiger partial charge < -0.3 is 40.7 Å². The topological polar surface area (TPSA) is 69.0 Å². The van der Waals surface area contributed by atoms with E-state index < -0.39 is 0 Å². The summed E-state index contributed by atoms with van der Waals surface area (Å²) in [6.45, 7) is 0. The van der Waals surface area contributed by atoms with Gasteiger partial charge in [-0.25, -0.2) is 0 Å². The van der Waals surface area contributed by atoms with Gasteiger partial charge in [0.1, 0.15) is 33.3 Å². The van der Waals surface area contributed by atoms with Crippen LogP contribution in [-0.2, 0) is 0 Å². The molecule has 0 N–H and O–H groups in total. The second kappa shape index (κ2) is 34.3. The first-order chi connectivity index (χ1) is 74.4. The summed E-state index contributed by atoms with van der Waals surface area (Å²) < 4.78 is 42.4. The number of hydrogen-bond acceptors (Lipinski definition) is 6. The number of thiophene rings is 3. The third kappa shape index (κ3) is 13.3. The minimum atomic E-state index is 0.873. The minimum Gasteiger partial charge on any atom is -0.454 e. The van der Waals surface area contributed by atoms with E-state index in [0.29, 0.717) is 0 Å². The molecule has 0 fully saturated rings. The Balaban J connectivity index is 0.000000101. The van der Waals surface area contributed by atoms with Crippen LogP contribution in [0.15, 0.2) is 523 Å². The number of aromatic nitrogens is 6. The smallest absolute Gasteiger partial charge is 0.161 e. The summed E-state index contributed by atoms with van der Waals surface area (Å²) in [5.74, 6) is 0. The maximum atomic E-state index is 6.83. The van der Waals surface area contributed by atoms with Crippen LogP contribution in [0, 0.1) is 0 Å². The first-order valence-corrected chi connectivity index (χ1v) is 53.3.